The lowest BCUT2D eigenvalue weighted by Gasteiger charge is -2.34. The summed E-state index contributed by atoms with van der Waals surface area (Å²) in [7, 11) is 2.14. The van der Waals surface area contributed by atoms with Gasteiger partial charge in [0, 0.05) is 32.1 Å². The average molecular weight is 410 g/mol. The van der Waals surface area contributed by atoms with Gasteiger partial charge in [-0.2, -0.15) is 4.98 Å². The Morgan fingerprint density at radius 1 is 1.10 bits per heavy atom. The smallest absolute Gasteiger partial charge is 0.280 e. The molecule has 0 unspecified atom stereocenters. The van der Waals surface area contributed by atoms with Crippen LogP contribution in [0.1, 0.15) is 24.6 Å². The summed E-state index contributed by atoms with van der Waals surface area (Å²) in [5, 5.41) is 5.77. The molecule has 0 spiro atoms. The van der Waals surface area contributed by atoms with E-state index in [0.717, 1.165) is 61.6 Å². The minimum Gasteiger partial charge on any atom is -0.353 e. The number of fused-ring (bicyclic) bond motifs is 3. The highest BCUT2D eigenvalue weighted by atomic mass is 35.5. The number of likely N-dealkylation sites (N-methyl/N-ethyl adjacent to an activating group) is 1. The topological polar surface area (TPSA) is 75.6 Å². The van der Waals surface area contributed by atoms with Crippen molar-refractivity contribution in [1.29, 1.82) is 0 Å². The Balaban J connectivity index is 1.56. The van der Waals surface area contributed by atoms with Crippen molar-refractivity contribution in [3.8, 4) is 11.6 Å². The van der Waals surface area contributed by atoms with E-state index in [1.165, 1.54) is 0 Å². The van der Waals surface area contributed by atoms with Gasteiger partial charge in [-0.05, 0) is 32.0 Å². The van der Waals surface area contributed by atoms with Gasteiger partial charge in [-0.3, -0.25) is 4.40 Å². The Morgan fingerprint density at radius 2 is 1.93 bits per heavy atom. The molecule has 1 aromatic carbocycles. The highest BCUT2D eigenvalue weighted by Gasteiger charge is 2.30. The number of aromatic nitrogens is 5. The van der Waals surface area contributed by atoms with Crippen molar-refractivity contribution in [2.75, 3.05) is 38.1 Å². The third-order valence-corrected chi connectivity index (χ3v) is 6.13. The van der Waals surface area contributed by atoms with Crippen molar-refractivity contribution in [2.45, 2.75) is 18.8 Å². The van der Waals surface area contributed by atoms with Gasteiger partial charge in [-0.25, -0.2) is 9.97 Å². The zero-order valence-electron chi connectivity index (χ0n) is 16.0. The summed E-state index contributed by atoms with van der Waals surface area (Å²) in [6.07, 6.45) is 4.00. The minimum absolute atomic E-state index is 0.424. The molecule has 1 aliphatic heterocycles. The highest BCUT2D eigenvalue weighted by molar-refractivity contribution is 6.36. The fourth-order valence-electron chi connectivity index (χ4n) is 3.95. The second-order valence-corrected chi connectivity index (χ2v) is 8.29. The van der Waals surface area contributed by atoms with E-state index in [1.54, 1.807) is 6.33 Å². The second-order valence-electron chi connectivity index (χ2n) is 7.88. The van der Waals surface area contributed by atoms with E-state index in [9.17, 15) is 0 Å². The van der Waals surface area contributed by atoms with Crippen LogP contribution in [0, 0.1) is 0 Å². The molecule has 6 rings (SSSR count). The van der Waals surface area contributed by atoms with Crippen LogP contribution >= 0.6 is 11.6 Å². The first kappa shape index (κ1) is 17.2. The van der Waals surface area contributed by atoms with Crippen LogP contribution in [-0.2, 0) is 0 Å². The van der Waals surface area contributed by atoms with E-state index in [4.69, 9.17) is 21.1 Å². The van der Waals surface area contributed by atoms with Crippen LogP contribution in [-0.4, -0.2) is 62.6 Å². The molecule has 0 amide bonds. The van der Waals surface area contributed by atoms with E-state index in [2.05, 4.69) is 32.0 Å². The third-order valence-electron chi connectivity index (χ3n) is 5.82. The largest absolute Gasteiger partial charge is 0.353 e. The summed E-state index contributed by atoms with van der Waals surface area (Å²) >= 11 is 6.63. The molecule has 0 N–H and O–H groups in total. The monoisotopic (exact) mass is 409 g/mol. The van der Waals surface area contributed by atoms with Gasteiger partial charge < -0.3 is 14.3 Å². The van der Waals surface area contributed by atoms with Gasteiger partial charge in [0.15, 0.2) is 17.2 Å². The number of rotatable bonds is 3. The van der Waals surface area contributed by atoms with Crippen molar-refractivity contribution in [2.24, 2.45) is 0 Å². The van der Waals surface area contributed by atoms with Gasteiger partial charge in [-0.1, -0.05) is 22.8 Å². The van der Waals surface area contributed by atoms with E-state index in [0.29, 0.717) is 28.2 Å². The zero-order valence-corrected chi connectivity index (χ0v) is 16.8. The van der Waals surface area contributed by atoms with Gasteiger partial charge >= 0.3 is 0 Å². The number of anilines is 1. The summed E-state index contributed by atoms with van der Waals surface area (Å²) in [6, 6.07) is 5.91. The van der Waals surface area contributed by atoms with Crippen LogP contribution in [0.4, 0.5) is 5.82 Å². The van der Waals surface area contributed by atoms with Crippen LogP contribution in [0.3, 0.4) is 0 Å². The van der Waals surface area contributed by atoms with Crippen LogP contribution in [0.2, 0.25) is 5.02 Å². The second kappa shape index (κ2) is 6.40. The predicted octanol–water partition coefficient (Wildman–Crippen LogP) is 3.22. The van der Waals surface area contributed by atoms with Crippen LogP contribution < -0.4 is 4.90 Å². The Hall–Kier alpha value is -2.71. The SMILES string of the molecule is CN1CCN(c2nc3c(-c4nc(C5CC5)no4)ncn3c3cccc(Cl)c23)CC1. The number of hydrogen-bond acceptors (Lipinski definition) is 7. The summed E-state index contributed by atoms with van der Waals surface area (Å²) in [5.74, 6) is 2.50. The zero-order chi connectivity index (χ0) is 19.5. The summed E-state index contributed by atoms with van der Waals surface area (Å²) in [5.41, 5.74) is 2.29. The summed E-state index contributed by atoms with van der Waals surface area (Å²) in [6.45, 7) is 3.77. The van der Waals surface area contributed by atoms with Crippen molar-refractivity contribution < 1.29 is 4.52 Å². The van der Waals surface area contributed by atoms with Crippen LogP contribution in [0.25, 0.3) is 28.1 Å². The average Bonchev–Trinajstić information content (AvgIpc) is 3.31. The van der Waals surface area contributed by atoms with Gasteiger partial charge in [0.2, 0.25) is 0 Å². The fourth-order valence-corrected chi connectivity index (χ4v) is 4.21. The van der Waals surface area contributed by atoms with E-state index >= 15 is 0 Å². The molecule has 9 heteroatoms. The van der Waals surface area contributed by atoms with Crippen molar-refractivity contribution >= 4 is 34.0 Å². The lowest BCUT2D eigenvalue weighted by atomic mass is 10.2. The molecule has 4 aromatic rings. The molecule has 29 heavy (non-hydrogen) atoms. The molecule has 2 fully saturated rings. The predicted molar refractivity (Wildman–Crippen MR) is 110 cm³/mol. The maximum Gasteiger partial charge on any atom is 0.280 e. The molecule has 0 radical (unpaired) electrons. The van der Waals surface area contributed by atoms with Gasteiger partial charge in [0.25, 0.3) is 5.89 Å². The van der Waals surface area contributed by atoms with E-state index < -0.39 is 0 Å². The maximum atomic E-state index is 6.63. The van der Waals surface area contributed by atoms with E-state index in [-0.39, 0.29) is 0 Å². The van der Waals surface area contributed by atoms with Crippen molar-refractivity contribution in [3.05, 3.63) is 35.4 Å². The molecule has 0 atom stereocenters. The molecule has 3 aromatic heterocycles. The first-order chi connectivity index (χ1) is 14.2. The van der Waals surface area contributed by atoms with Gasteiger partial charge in [-0.15, -0.1) is 0 Å². The number of benzene rings is 1. The normalized spacial score (nSPS) is 18.2. The molecule has 1 saturated heterocycles. The Kier molecular flexibility index (Phi) is 3.79. The maximum absolute atomic E-state index is 6.63. The van der Waals surface area contributed by atoms with Crippen molar-refractivity contribution in [1.82, 2.24) is 29.4 Å². The third kappa shape index (κ3) is 2.78. The standard InChI is InChI=1S/C20H20ClN7O/c1-26-7-9-27(10-8-26)18-15-13(21)3-2-4-14(15)28-11-22-16(19(28)24-18)20-23-17(25-29-20)12-5-6-12/h2-4,11-12H,5-10H2,1H3. The fraction of sp³-hybridized carbons (Fsp3) is 0.400. The molecule has 2 aliphatic rings. The first-order valence-corrected chi connectivity index (χ1v) is 10.3. The number of nitrogens with zero attached hydrogens (tertiary/aromatic N) is 7. The number of halogens is 1. The lowest BCUT2D eigenvalue weighted by Crippen LogP contribution is -2.45. The molecule has 0 bridgehead atoms. The quantitative estimate of drug-likeness (QED) is 0.514. The van der Waals surface area contributed by atoms with Gasteiger partial charge in [0.1, 0.15) is 12.1 Å². The number of imidazole rings is 1. The van der Waals surface area contributed by atoms with E-state index in [1.807, 2.05) is 22.6 Å². The minimum atomic E-state index is 0.424. The molecule has 4 heterocycles. The Bertz CT molecular complexity index is 1220. The molecule has 1 saturated carbocycles. The van der Waals surface area contributed by atoms with Crippen molar-refractivity contribution in [3.63, 3.8) is 0 Å². The summed E-state index contributed by atoms with van der Waals surface area (Å²) in [4.78, 5) is 18.8. The molecular formula is C20H20ClN7O. The molecule has 148 valence electrons. The molecule has 8 nitrogen and oxygen atoms in total. The van der Waals surface area contributed by atoms with Gasteiger partial charge in [0.05, 0.1) is 15.9 Å². The lowest BCUT2D eigenvalue weighted by molar-refractivity contribution is 0.312. The molecular weight excluding hydrogens is 390 g/mol. The summed E-state index contributed by atoms with van der Waals surface area (Å²) < 4.78 is 7.49. The number of hydrogen-bond donors (Lipinski definition) is 0. The molecule has 1 aliphatic carbocycles. The Labute approximate surface area is 172 Å². The van der Waals surface area contributed by atoms with Crippen LogP contribution in [0.5, 0.6) is 0 Å². The first-order valence-electron chi connectivity index (χ1n) is 9.92. The van der Waals surface area contributed by atoms with Crippen LogP contribution in [0.15, 0.2) is 29.0 Å². The number of piperazine rings is 1. The Morgan fingerprint density at radius 3 is 2.72 bits per heavy atom. The highest BCUT2D eigenvalue weighted by Crippen LogP contribution is 2.39.